The van der Waals surface area contributed by atoms with Crippen LogP contribution in [0.25, 0.3) is 11.0 Å². The van der Waals surface area contributed by atoms with Crippen molar-refractivity contribution < 1.29 is 14.3 Å². The van der Waals surface area contributed by atoms with Gasteiger partial charge in [0, 0.05) is 11.6 Å². The van der Waals surface area contributed by atoms with Crippen molar-refractivity contribution in [2.24, 2.45) is 0 Å². The van der Waals surface area contributed by atoms with Gasteiger partial charge in [0.25, 0.3) is 5.91 Å². The second-order valence-corrected chi connectivity index (χ2v) is 4.40. The minimum absolute atomic E-state index is 0.114. The number of phenolic OH excluding ortho intramolecular Hbond substituents is 1. The highest BCUT2D eigenvalue weighted by Crippen LogP contribution is 2.20. The lowest BCUT2D eigenvalue weighted by Crippen LogP contribution is -2.23. The maximum atomic E-state index is 13.2. The Hall–Kier alpha value is -2.96. The first kappa shape index (κ1) is 13.0. The van der Waals surface area contributed by atoms with Crippen molar-refractivity contribution in [1.29, 1.82) is 0 Å². The van der Waals surface area contributed by atoms with E-state index >= 15 is 0 Å². The van der Waals surface area contributed by atoms with E-state index in [1.54, 1.807) is 12.3 Å². The topological polar surface area (TPSA) is 90.9 Å². The van der Waals surface area contributed by atoms with E-state index in [-0.39, 0.29) is 12.1 Å². The zero-order valence-electron chi connectivity index (χ0n) is 10.8. The molecule has 3 N–H and O–H groups in total. The molecule has 0 unspecified atom stereocenters. The number of phenols is 1. The number of benzene rings is 1. The van der Waals surface area contributed by atoms with E-state index in [0.29, 0.717) is 11.3 Å². The van der Waals surface area contributed by atoms with Crippen molar-refractivity contribution in [3.8, 4) is 5.75 Å². The average Bonchev–Trinajstić information content (AvgIpc) is 2.91. The minimum atomic E-state index is -0.834. The van der Waals surface area contributed by atoms with E-state index in [9.17, 15) is 14.3 Å². The van der Waals surface area contributed by atoms with Gasteiger partial charge in [0.1, 0.15) is 0 Å². The summed E-state index contributed by atoms with van der Waals surface area (Å²) in [6.45, 7) is 0.164. The van der Waals surface area contributed by atoms with Crippen LogP contribution in [-0.2, 0) is 6.54 Å². The van der Waals surface area contributed by atoms with E-state index in [0.717, 1.165) is 11.5 Å². The normalized spacial score (nSPS) is 10.7. The largest absolute Gasteiger partial charge is 0.504 e. The first-order valence-corrected chi connectivity index (χ1v) is 6.20. The summed E-state index contributed by atoms with van der Waals surface area (Å²) in [4.78, 5) is 16.0. The van der Waals surface area contributed by atoms with Gasteiger partial charge < -0.3 is 10.4 Å². The summed E-state index contributed by atoms with van der Waals surface area (Å²) in [6.07, 6.45) is 1.62. The van der Waals surface area contributed by atoms with Gasteiger partial charge in [-0.25, -0.2) is 9.37 Å². The summed E-state index contributed by atoms with van der Waals surface area (Å²) in [5.74, 6) is -2.07. The third-order valence-electron chi connectivity index (χ3n) is 3.07. The molecule has 6 nitrogen and oxygen atoms in total. The molecule has 1 aromatic carbocycles. The summed E-state index contributed by atoms with van der Waals surface area (Å²) in [5.41, 5.74) is 1.12. The molecule has 106 valence electrons. The molecule has 0 bridgehead atoms. The summed E-state index contributed by atoms with van der Waals surface area (Å²) in [6, 6.07) is 7.38. The fraction of sp³-hybridized carbons (Fsp3) is 0.0714. The number of aromatic amines is 1. The van der Waals surface area contributed by atoms with E-state index in [4.69, 9.17) is 0 Å². The molecule has 3 aromatic rings. The minimum Gasteiger partial charge on any atom is -0.504 e. The van der Waals surface area contributed by atoms with E-state index in [1.165, 1.54) is 12.1 Å². The number of aromatic hydroxyl groups is 1. The van der Waals surface area contributed by atoms with Gasteiger partial charge in [-0.15, -0.1) is 0 Å². The summed E-state index contributed by atoms with van der Waals surface area (Å²) >= 11 is 0. The zero-order valence-corrected chi connectivity index (χ0v) is 10.8. The van der Waals surface area contributed by atoms with Crippen molar-refractivity contribution in [2.75, 3.05) is 0 Å². The number of para-hydroxylation sites is 1. The molecule has 21 heavy (non-hydrogen) atoms. The molecule has 0 radical (unpaired) electrons. The lowest BCUT2D eigenvalue weighted by molar-refractivity contribution is 0.0947. The number of fused-ring (bicyclic) bond motifs is 1. The molecule has 0 atom stereocenters. The van der Waals surface area contributed by atoms with Gasteiger partial charge >= 0.3 is 0 Å². The average molecular weight is 286 g/mol. The Morgan fingerprint density at radius 3 is 3.05 bits per heavy atom. The van der Waals surface area contributed by atoms with Crippen LogP contribution >= 0.6 is 0 Å². The van der Waals surface area contributed by atoms with Gasteiger partial charge in [0.15, 0.2) is 17.2 Å². The molecular weight excluding hydrogens is 275 g/mol. The summed E-state index contributed by atoms with van der Waals surface area (Å²) in [7, 11) is 0. The third-order valence-corrected chi connectivity index (χ3v) is 3.07. The highest BCUT2D eigenvalue weighted by atomic mass is 19.1. The van der Waals surface area contributed by atoms with Crippen LogP contribution in [0.3, 0.4) is 0 Å². The number of halogens is 1. The Bertz CT molecular complexity index is 816. The van der Waals surface area contributed by atoms with Crippen molar-refractivity contribution in [1.82, 2.24) is 20.5 Å². The highest BCUT2D eigenvalue weighted by molar-refractivity contribution is 5.97. The summed E-state index contributed by atoms with van der Waals surface area (Å²) in [5, 5.41) is 19.7. The van der Waals surface area contributed by atoms with Gasteiger partial charge in [-0.05, 0) is 24.3 Å². The fourth-order valence-corrected chi connectivity index (χ4v) is 2.00. The van der Waals surface area contributed by atoms with Gasteiger partial charge in [-0.3, -0.25) is 9.89 Å². The molecule has 2 aromatic heterocycles. The molecule has 3 rings (SSSR count). The molecule has 0 aliphatic carbocycles. The SMILES string of the molecule is O=C(NCc1[nH]nc2ncccc12)c1cccc(F)c1O. The summed E-state index contributed by atoms with van der Waals surface area (Å²) < 4.78 is 13.2. The number of pyridine rings is 1. The Labute approximate surface area is 118 Å². The monoisotopic (exact) mass is 286 g/mol. The number of carbonyl (C=O) groups is 1. The predicted molar refractivity (Wildman–Crippen MR) is 73.1 cm³/mol. The Balaban J connectivity index is 1.78. The van der Waals surface area contributed by atoms with Crippen LogP contribution in [0.2, 0.25) is 0 Å². The molecule has 7 heteroatoms. The van der Waals surface area contributed by atoms with E-state index in [1.807, 2.05) is 6.07 Å². The number of nitrogens with one attached hydrogen (secondary N) is 2. The van der Waals surface area contributed by atoms with Crippen LogP contribution < -0.4 is 5.32 Å². The van der Waals surface area contributed by atoms with Gasteiger partial charge in [-0.1, -0.05) is 6.07 Å². The van der Waals surface area contributed by atoms with Crippen molar-refractivity contribution >= 4 is 16.9 Å². The number of nitrogens with zero attached hydrogens (tertiary/aromatic N) is 2. The predicted octanol–water partition coefficient (Wildman–Crippen LogP) is 1.73. The second-order valence-electron chi connectivity index (χ2n) is 4.40. The molecule has 0 aliphatic heterocycles. The van der Waals surface area contributed by atoms with Gasteiger partial charge in [0.05, 0.1) is 17.8 Å². The maximum Gasteiger partial charge on any atom is 0.255 e. The number of hydrogen-bond donors (Lipinski definition) is 3. The molecule has 2 heterocycles. The lowest BCUT2D eigenvalue weighted by atomic mass is 10.1. The standard InChI is InChI=1S/C14H11FN4O2/c15-10-5-1-3-9(12(10)20)14(21)17-7-11-8-4-2-6-16-13(8)19-18-11/h1-6,20H,7H2,(H,17,21)(H,16,18,19). The van der Waals surface area contributed by atoms with Crippen LogP contribution in [0.15, 0.2) is 36.5 Å². The van der Waals surface area contributed by atoms with Crippen molar-refractivity contribution in [3.63, 3.8) is 0 Å². The number of hydrogen-bond acceptors (Lipinski definition) is 4. The van der Waals surface area contributed by atoms with Crippen LogP contribution in [0, 0.1) is 5.82 Å². The van der Waals surface area contributed by atoms with Crippen molar-refractivity contribution in [3.05, 3.63) is 53.6 Å². The number of aromatic nitrogens is 3. The maximum absolute atomic E-state index is 13.2. The van der Waals surface area contributed by atoms with Gasteiger partial charge in [0.2, 0.25) is 0 Å². The molecule has 0 fully saturated rings. The number of H-pyrrole nitrogens is 1. The Morgan fingerprint density at radius 1 is 1.33 bits per heavy atom. The van der Waals surface area contributed by atoms with E-state index in [2.05, 4.69) is 20.5 Å². The molecule has 0 saturated heterocycles. The van der Waals surface area contributed by atoms with Crippen LogP contribution in [0.4, 0.5) is 4.39 Å². The third kappa shape index (κ3) is 2.40. The van der Waals surface area contributed by atoms with Crippen LogP contribution in [-0.4, -0.2) is 26.2 Å². The van der Waals surface area contributed by atoms with E-state index < -0.39 is 17.5 Å². The van der Waals surface area contributed by atoms with Crippen molar-refractivity contribution in [2.45, 2.75) is 6.54 Å². The van der Waals surface area contributed by atoms with Crippen LogP contribution in [0.1, 0.15) is 16.1 Å². The Kier molecular flexibility index (Phi) is 3.23. The highest BCUT2D eigenvalue weighted by Gasteiger charge is 2.14. The molecule has 1 amide bonds. The quantitative estimate of drug-likeness (QED) is 0.684. The second kappa shape index (κ2) is 5.20. The lowest BCUT2D eigenvalue weighted by Gasteiger charge is -2.06. The number of rotatable bonds is 3. The smallest absolute Gasteiger partial charge is 0.255 e. The number of amides is 1. The van der Waals surface area contributed by atoms with Crippen LogP contribution in [0.5, 0.6) is 5.75 Å². The molecular formula is C14H11FN4O2. The van der Waals surface area contributed by atoms with Gasteiger partial charge in [-0.2, -0.15) is 5.10 Å². The number of carbonyl (C=O) groups excluding carboxylic acids is 1. The first-order valence-electron chi connectivity index (χ1n) is 6.20. The molecule has 0 saturated carbocycles. The Morgan fingerprint density at radius 2 is 2.19 bits per heavy atom. The molecule has 0 spiro atoms. The fourth-order valence-electron chi connectivity index (χ4n) is 2.00. The first-order chi connectivity index (χ1) is 10.2. The molecule has 0 aliphatic rings. The zero-order chi connectivity index (χ0) is 14.8.